The number of sulfonamides is 1. The van der Waals surface area contributed by atoms with Gasteiger partial charge in [0.2, 0.25) is 10.0 Å². The molecule has 1 aliphatic rings. The number of primary sulfonamides is 1. The van der Waals surface area contributed by atoms with Crippen molar-refractivity contribution in [3.05, 3.63) is 41.7 Å². The van der Waals surface area contributed by atoms with Gasteiger partial charge in [-0.2, -0.15) is 0 Å². The molecule has 1 fully saturated rings. The van der Waals surface area contributed by atoms with E-state index < -0.39 is 10.0 Å². The molecule has 7 nitrogen and oxygen atoms in total. The summed E-state index contributed by atoms with van der Waals surface area (Å²) in [5.41, 5.74) is 1.99. The number of likely N-dealkylation sites (tertiary alicyclic amines) is 1. The number of hydrogen-bond donors (Lipinski definition) is 2. The summed E-state index contributed by atoms with van der Waals surface area (Å²) in [6, 6.07) is 9.58. The van der Waals surface area contributed by atoms with Gasteiger partial charge in [0, 0.05) is 24.3 Å². The summed E-state index contributed by atoms with van der Waals surface area (Å²) in [4.78, 5) is 21.9. The Morgan fingerprint density at radius 1 is 1.38 bits per heavy atom. The molecule has 0 aliphatic carbocycles. The van der Waals surface area contributed by atoms with Crippen LogP contribution < -0.4 is 5.14 Å². The molecule has 1 saturated heterocycles. The van der Waals surface area contributed by atoms with Crippen LogP contribution in [-0.2, 0) is 10.0 Å². The van der Waals surface area contributed by atoms with E-state index in [2.05, 4.69) is 9.97 Å². The second-order valence-corrected chi connectivity index (χ2v) is 7.82. The number of imidazole rings is 1. The molecular formula is C16H20N4O3S. The smallest absolute Gasteiger partial charge is 0.274 e. The van der Waals surface area contributed by atoms with Crippen molar-refractivity contribution in [1.82, 2.24) is 14.9 Å². The van der Waals surface area contributed by atoms with Crippen molar-refractivity contribution >= 4 is 15.9 Å². The summed E-state index contributed by atoms with van der Waals surface area (Å²) in [5, 5.41) is 5.09. The Hall–Kier alpha value is -2.19. The maximum atomic E-state index is 12.7. The second kappa shape index (κ2) is 6.37. The first-order valence-corrected chi connectivity index (χ1v) is 9.47. The molecule has 1 aliphatic heterocycles. The SMILES string of the molecule is Cc1[nH]c(-c2ccccc2)nc1C(=O)N1CCC(CS(N)(=O)=O)C1. The Morgan fingerprint density at radius 2 is 2.08 bits per heavy atom. The monoisotopic (exact) mass is 348 g/mol. The normalized spacial score (nSPS) is 18.1. The van der Waals surface area contributed by atoms with Crippen molar-refractivity contribution in [2.75, 3.05) is 18.8 Å². The van der Waals surface area contributed by atoms with E-state index in [4.69, 9.17) is 5.14 Å². The van der Waals surface area contributed by atoms with Crippen molar-refractivity contribution in [2.45, 2.75) is 13.3 Å². The van der Waals surface area contributed by atoms with Crippen LogP contribution in [0.3, 0.4) is 0 Å². The van der Waals surface area contributed by atoms with Crippen LogP contribution in [0.5, 0.6) is 0 Å². The van der Waals surface area contributed by atoms with Crippen LogP contribution in [0.15, 0.2) is 30.3 Å². The lowest BCUT2D eigenvalue weighted by Crippen LogP contribution is -2.31. The number of aromatic nitrogens is 2. The summed E-state index contributed by atoms with van der Waals surface area (Å²) in [5.74, 6) is 0.266. The molecule has 1 atom stereocenters. The quantitative estimate of drug-likeness (QED) is 0.863. The number of carbonyl (C=O) groups is 1. The van der Waals surface area contributed by atoms with Crippen LogP contribution in [0.4, 0.5) is 0 Å². The van der Waals surface area contributed by atoms with Crippen LogP contribution in [0.25, 0.3) is 11.4 Å². The van der Waals surface area contributed by atoms with Crippen LogP contribution >= 0.6 is 0 Å². The predicted molar refractivity (Wildman–Crippen MR) is 90.7 cm³/mol. The first-order valence-electron chi connectivity index (χ1n) is 7.75. The van der Waals surface area contributed by atoms with Gasteiger partial charge in [0.05, 0.1) is 5.75 Å². The molecule has 2 aromatic rings. The molecule has 0 radical (unpaired) electrons. The van der Waals surface area contributed by atoms with E-state index in [1.807, 2.05) is 37.3 Å². The Morgan fingerprint density at radius 3 is 2.75 bits per heavy atom. The minimum Gasteiger partial charge on any atom is -0.341 e. The number of carbonyl (C=O) groups excluding carboxylic acids is 1. The molecule has 1 unspecified atom stereocenters. The predicted octanol–water partition coefficient (Wildman–Crippen LogP) is 1.14. The largest absolute Gasteiger partial charge is 0.341 e. The number of hydrogen-bond acceptors (Lipinski definition) is 4. The summed E-state index contributed by atoms with van der Waals surface area (Å²) in [6.45, 7) is 2.72. The van der Waals surface area contributed by atoms with E-state index in [1.165, 1.54) is 0 Å². The number of H-pyrrole nitrogens is 1. The molecule has 0 spiro atoms. The van der Waals surface area contributed by atoms with Gasteiger partial charge in [-0.3, -0.25) is 4.79 Å². The number of amides is 1. The first kappa shape index (κ1) is 16.7. The Kier molecular flexibility index (Phi) is 4.42. The third kappa shape index (κ3) is 3.65. The summed E-state index contributed by atoms with van der Waals surface area (Å²) in [6.07, 6.45) is 0.636. The van der Waals surface area contributed by atoms with Crippen molar-refractivity contribution in [3.63, 3.8) is 0 Å². The molecule has 0 saturated carbocycles. The van der Waals surface area contributed by atoms with E-state index in [1.54, 1.807) is 4.90 Å². The highest BCUT2D eigenvalue weighted by Gasteiger charge is 2.31. The molecule has 2 heterocycles. The molecule has 3 N–H and O–H groups in total. The van der Waals surface area contributed by atoms with Crippen molar-refractivity contribution in [3.8, 4) is 11.4 Å². The van der Waals surface area contributed by atoms with E-state index in [9.17, 15) is 13.2 Å². The number of rotatable bonds is 4. The number of nitrogens with zero attached hydrogens (tertiary/aromatic N) is 2. The standard InChI is InChI=1S/C16H20N4O3S/c1-11-14(19-15(18-11)13-5-3-2-4-6-13)16(21)20-8-7-12(9-20)10-24(17,22)23/h2-6,12H,7-10H2,1H3,(H,18,19)(H2,17,22,23). The van der Waals surface area contributed by atoms with E-state index in [0.29, 0.717) is 36.7 Å². The fourth-order valence-electron chi connectivity index (χ4n) is 3.03. The van der Waals surface area contributed by atoms with Crippen molar-refractivity contribution in [2.24, 2.45) is 11.1 Å². The molecule has 8 heteroatoms. The topological polar surface area (TPSA) is 109 Å². The van der Waals surface area contributed by atoms with Gasteiger partial charge in [-0.15, -0.1) is 0 Å². The van der Waals surface area contributed by atoms with Crippen molar-refractivity contribution in [1.29, 1.82) is 0 Å². The van der Waals surface area contributed by atoms with Crippen LogP contribution in [0.2, 0.25) is 0 Å². The lowest BCUT2D eigenvalue weighted by atomic mass is 10.2. The zero-order valence-corrected chi connectivity index (χ0v) is 14.2. The molecule has 1 aromatic carbocycles. The maximum absolute atomic E-state index is 12.7. The Bertz CT molecular complexity index is 845. The zero-order valence-electron chi connectivity index (χ0n) is 13.4. The van der Waals surface area contributed by atoms with E-state index in [-0.39, 0.29) is 17.6 Å². The highest BCUT2D eigenvalue weighted by atomic mass is 32.2. The van der Waals surface area contributed by atoms with Gasteiger partial charge in [0.25, 0.3) is 5.91 Å². The molecular weight excluding hydrogens is 328 g/mol. The fraction of sp³-hybridized carbons (Fsp3) is 0.375. The van der Waals surface area contributed by atoms with Crippen LogP contribution in [0.1, 0.15) is 22.6 Å². The third-order valence-electron chi connectivity index (χ3n) is 4.18. The lowest BCUT2D eigenvalue weighted by molar-refractivity contribution is 0.0782. The van der Waals surface area contributed by atoms with Crippen molar-refractivity contribution < 1.29 is 13.2 Å². The Balaban J connectivity index is 1.76. The number of aryl methyl sites for hydroxylation is 1. The molecule has 128 valence electrons. The average molecular weight is 348 g/mol. The van der Waals surface area contributed by atoms with Gasteiger partial charge in [-0.1, -0.05) is 30.3 Å². The van der Waals surface area contributed by atoms with E-state index >= 15 is 0 Å². The van der Waals surface area contributed by atoms with Gasteiger partial charge in [-0.05, 0) is 19.3 Å². The summed E-state index contributed by atoms with van der Waals surface area (Å²) < 4.78 is 22.4. The molecule has 24 heavy (non-hydrogen) atoms. The molecule has 1 amide bonds. The average Bonchev–Trinajstić information content (AvgIpc) is 3.13. The number of aromatic amines is 1. The fourth-order valence-corrected chi connectivity index (χ4v) is 3.96. The van der Waals surface area contributed by atoms with Gasteiger partial charge < -0.3 is 9.88 Å². The molecule has 3 rings (SSSR count). The number of nitrogens with two attached hydrogens (primary N) is 1. The molecule has 0 bridgehead atoms. The van der Waals surface area contributed by atoms with Gasteiger partial charge in [0.15, 0.2) is 0 Å². The second-order valence-electron chi connectivity index (χ2n) is 6.16. The molecule has 1 aromatic heterocycles. The van der Waals surface area contributed by atoms with Crippen LogP contribution in [0, 0.1) is 12.8 Å². The Labute approximate surface area is 140 Å². The van der Waals surface area contributed by atoms with Crippen LogP contribution in [-0.4, -0.2) is 48.0 Å². The van der Waals surface area contributed by atoms with Gasteiger partial charge >= 0.3 is 0 Å². The lowest BCUT2D eigenvalue weighted by Gasteiger charge is -2.15. The van der Waals surface area contributed by atoms with Gasteiger partial charge in [0.1, 0.15) is 11.5 Å². The van der Waals surface area contributed by atoms with Gasteiger partial charge in [-0.25, -0.2) is 18.5 Å². The highest BCUT2D eigenvalue weighted by molar-refractivity contribution is 7.89. The number of nitrogens with one attached hydrogen (secondary N) is 1. The zero-order chi connectivity index (χ0) is 17.3. The van der Waals surface area contributed by atoms with E-state index in [0.717, 1.165) is 5.56 Å². The third-order valence-corrected chi connectivity index (χ3v) is 5.11. The number of benzene rings is 1. The minimum absolute atomic E-state index is 0.0917. The highest BCUT2D eigenvalue weighted by Crippen LogP contribution is 2.22. The minimum atomic E-state index is -3.52. The summed E-state index contributed by atoms with van der Waals surface area (Å²) in [7, 11) is -3.52. The maximum Gasteiger partial charge on any atom is 0.274 e. The first-order chi connectivity index (χ1) is 11.3. The summed E-state index contributed by atoms with van der Waals surface area (Å²) >= 11 is 0.